The zero-order valence-electron chi connectivity index (χ0n) is 19.8. The minimum absolute atomic E-state index is 0.154. The van der Waals surface area contributed by atoms with Crippen LogP contribution in [0.25, 0.3) is 0 Å². The predicted molar refractivity (Wildman–Crippen MR) is 140 cm³/mol. The highest BCUT2D eigenvalue weighted by Gasteiger charge is 2.30. The summed E-state index contributed by atoms with van der Waals surface area (Å²) in [6, 6.07) is 11.4. The molecule has 0 aromatic heterocycles. The van der Waals surface area contributed by atoms with E-state index in [0.29, 0.717) is 11.6 Å². The Morgan fingerprint density at radius 2 is 1.79 bits per heavy atom. The number of unbranched alkanes of at least 4 members (excludes halogenated alkanes) is 1. The van der Waals surface area contributed by atoms with Crippen LogP contribution in [0.1, 0.15) is 37.8 Å². The molecular formula is C24H31BrClN3O4S. The van der Waals surface area contributed by atoms with Crippen LogP contribution in [0.5, 0.6) is 0 Å². The number of aryl methyl sites for hydroxylation is 1. The number of amides is 2. The first-order chi connectivity index (χ1) is 15.9. The fourth-order valence-electron chi connectivity index (χ4n) is 3.26. The summed E-state index contributed by atoms with van der Waals surface area (Å²) in [6.45, 7) is 5.68. The molecule has 2 rings (SSSR count). The molecule has 0 bridgehead atoms. The van der Waals surface area contributed by atoms with Crippen LogP contribution < -0.4 is 9.62 Å². The number of halogens is 2. The molecule has 2 amide bonds. The van der Waals surface area contributed by atoms with E-state index in [0.717, 1.165) is 39.0 Å². The van der Waals surface area contributed by atoms with Gasteiger partial charge in [0.1, 0.15) is 12.6 Å². The van der Waals surface area contributed by atoms with E-state index in [-0.39, 0.29) is 18.1 Å². The monoisotopic (exact) mass is 571 g/mol. The summed E-state index contributed by atoms with van der Waals surface area (Å²) in [5.41, 5.74) is 1.89. The molecule has 2 aromatic carbocycles. The highest BCUT2D eigenvalue weighted by molar-refractivity contribution is 9.10. The Labute approximate surface area is 215 Å². The van der Waals surface area contributed by atoms with Gasteiger partial charge in [0.2, 0.25) is 21.8 Å². The molecule has 186 valence electrons. The van der Waals surface area contributed by atoms with Gasteiger partial charge in [-0.25, -0.2) is 8.42 Å². The van der Waals surface area contributed by atoms with Gasteiger partial charge in [-0.2, -0.15) is 0 Å². The third-order valence-electron chi connectivity index (χ3n) is 5.39. The van der Waals surface area contributed by atoms with Crippen molar-refractivity contribution in [1.29, 1.82) is 0 Å². The number of hydrogen-bond acceptors (Lipinski definition) is 4. The van der Waals surface area contributed by atoms with Crippen LogP contribution in [0, 0.1) is 6.92 Å². The third kappa shape index (κ3) is 7.99. The lowest BCUT2D eigenvalue weighted by atomic mass is 10.1. The quantitative estimate of drug-likeness (QED) is 0.402. The Kier molecular flexibility index (Phi) is 10.4. The summed E-state index contributed by atoms with van der Waals surface area (Å²) in [6.07, 6.45) is 2.79. The van der Waals surface area contributed by atoms with Gasteiger partial charge in [0, 0.05) is 22.6 Å². The van der Waals surface area contributed by atoms with Gasteiger partial charge in [-0.05, 0) is 55.7 Å². The van der Waals surface area contributed by atoms with Gasteiger partial charge >= 0.3 is 0 Å². The Hall–Kier alpha value is -2.10. The zero-order valence-corrected chi connectivity index (χ0v) is 23.0. The van der Waals surface area contributed by atoms with E-state index in [1.165, 1.54) is 11.0 Å². The van der Waals surface area contributed by atoms with Crippen LogP contribution >= 0.6 is 27.5 Å². The number of carbonyl (C=O) groups excluding carboxylic acids is 2. The summed E-state index contributed by atoms with van der Waals surface area (Å²) in [5.74, 6) is -0.786. The second kappa shape index (κ2) is 12.6. The minimum Gasteiger partial charge on any atom is -0.354 e. The Balaban J connectivity index is 2.35. The van der Waals surface area contributed by atoms with Crippen molar-refractivity contribution in [3.05, 3.63) is 63.1 Å². The van der Waals surface area contributed by atoms with E-state index in [2.05, 4.69) is 21.2 Å². The van der Waals surface area contributed by atoms with Crippen molar-refractivity contribution in [2.45, 2.75) is 46.2 Å². The minimum atomic E-state index is -3.80. The molecule has 34 heavy (non-hydrogen) atoms. The summed E-state index contributed by atoms with van der Waals surface area (Å²) >= 11 is 9.60. The Bertz CT molecular complexity index is 1110. The molecule has 0 radical (unpaired) electrons. The van der Waals surface area contributed by atoms with Crippen LogP contribution in [0.2, 0.25) is 5.02 Å². The average Bonchev–Trinajstić information content (AvgIpc) is 2.77. The van der Waals surface area contributed by atoms with Crippen LogP contribution in [0.4, 0.5) is 5.69 Å². The Morgan fingerprint density at radius 1 is 1.15 bits per heavy atom. The molecule has 0 fully saturated rings. The molecule has 1 atom stereocenters. The highest BCUT2D eigenvalue weighted by Crippen LogP contribution is 2.25. The van der Waals surface area contributed by atoms with E-state index in [1.54, 1.807) is 26.0 Å². The first-order valence-corrected chi connectivity index (χ1v) is 14.0. The van der Waals surface area contributed by atoms with Gasteiger partial charge < -0.3 is 10.2 Å². The van der Waals surface area contributed by atoms with Gasteiger partial charge in [0.25, 0.3) is 0 Å². The van der Waals surface area contributed by atoms with Crippen molar-refractivity contribution in [2.75, 3.05) is 23.7 Å². The number of rotatable bonds is 11. The average molecular weight is 573 g/mol. The summed E-state index contributed by atoms with van der Waals surface area (Å²) < 4.78 is 27.1. The van der Waals surface area contributed by atoms with E-state index >= 15 is 0 Å². The summed E-state index contributed by atoms with van der Waals surface area (Å²) in [7, 11) is -3.80. The maximum atomic E-state index is 13.5. The lowest BCUT2D eigenvalue weighted by Crippen LogP contribution is -2.51. The van der Waals surface area contributed by atoms with E-state index < -0.39 is 28.5 Å². The van der Waals surface area contributed by atoms with Crippen molar-refractivity contribution in [1.82, 2.24) is 10.2 Å². The SMILES string of the molecule is CCCCNC(=O)[C@@H](C)N(Cc1ccc(Br)cc1)C(=O)CN(c1ccc(C)c(Cl)c1)S(C)(=O)=O. The maximum absolute atomic E-state index is 13.5. The van der Waals surface area contributed by atoms with Crippen LogP contribution in [-0.2, 0) is 26.2 Å². The standard InChI is InChI=1S/C24H31BrClN3O4S/c1-5-6-13-27-24(31)18(3)28(15-19-8-10-20(25)11-9-19)23(30)16-29(34(4,32)33)21-12-7-17(2)22(26)14-21/h7-12,14,18H,5-6,13,15-16H2,1-4H3,(H,27,31)/t18-/m1/s1. The smallest absolute Gasteiger partial charge is 0.244 e. The van der Waals surface area contributed by atoms with Gasteiger partial charge in [-0.15, -0.1) is 0 Å². The molecule has 7 nitrogen and oxygen atoms in total. The van der Waals surface area contributed by atoms with Gasteiger partial charge in [-0.1, -0.05) is 59.1 Å². The Morgan fingerprint density at radius 3 is 2.35 bits per heavy atom. The molecule has 10 heteroatoms. The summed E-state index contributed by atoms with van der Waals surface area (Å²) in [5, 5.41) is 3.25. The second-order valence-corrected chi connectivity index (χ2v) is 11.4. The zero-order chi connectivity index (χ0) is 25.5. The highest BCUT2D eigenvalue weighted by atomic mass is 79.9. The molecule has 0 aliphatic rings. The van der Waals surface area contributed by atoms with E-state index in [9.17, 15) is 18.0 Å². The molecule has 0 aliphatic carbocycles. The number of nitrogens with zero attached hydrogens (tertiary/aromatic N) is 2. The van der Waals surface area contributed by atoms with E-state index in [4.69, 9.17) is 11.6 Å². The third-order valence-corrected chi connectivity index (χ3v) is 7.46. The van der Waals surface area contributed by atoms with Crippen molar-refractivity contribution < 1.29 is 18.0 Å². The number of carbonyl (C=O) groups is 2. The van der Waals surface area contributed by atoms with Crippen molar-refractivity contribution in [3.8, 4) is 0 Å². The fourth-order valence-corrected chi connectivity index (χ4v) is 4.54. The molecule has 0 unspecified atom stereocenters. The second-order valence-electron chi connectivity index (χ2n) is 8.17. The van der Waals surface area contributed by atoms with Gasteiger partial charge in [0.15, 0.2) is 0 Å². The largest absolute Gasteiger partial charge is 0.354 e. The molecule has 0 aliphatic heterocycles. The molecule has 0 saturated carbocycles. The fraction of sp³-hybridized carbons (Fsp3) is 0.417. The first kappa shape index (κ1) is 28.1. The first-order valence-electron chi connectivity index (χ1n) is 11.0. The van der Waals surface area contributed by atoms with Gasteiger partial charge in [0.05, 0.1) is 11.9 Å². The molecular weight excluding hydrogens is 542 g/mol. The topological polar surface area (TPSA) is 86.8 Å². The normalized spacial score (nSPS) is 12.2. The number of anilines is 1. The maximum Gasteiger partial charge on any atom is 0.244 e. The number of nitrogens with one attached hydrogen (secondary N) is 1. The molecule has 1 N–H and O–H groups in total. The van der Waals surface area contributed by atoms with Crippen molar-refractivity contribution in [3.63, 3.8) is 0 Å². The lowest BCUT2D eigenvalue weighted by Gasteiger charge is -2.31. The molecule has 0 spiro atoms. The number of hydrogen-bond donors (Lipinski definition) is 1. The molecule has 0 saturated heterocycles. The predicted octanol–water partition coefficient (Wildman–Crippen LogP) is 4.51. The number of benzene rings is 2. The van der Waals surface area contributed by atoms with E-state index in [1.807, 2.05) is 31.2 Å². The molecule has 2 aromatic rings. The van der Waals surface area contributed by atoms with Crippen LogP contribution in [0.15, 0.2) is 46.9 Å². The summed E-state index contributed by atoms with van der Waals surface area (Å²) in [4.78, 5) is 27.7. The number of sulfonamides is 1. The van der Waals surface area contributed by atoms with Crippen LogP contribution in [0.3, 0.4) is 0 Å². The molecule has 0 heterocycles. The van der Waals surface area contributed by atoms with Crippen molar-refractivity contribution >= 4 is 55.1 Å². The van der Waals surface area contributed by atoms with Crippen molar-refractivity contribution in [2.24, 2.45) is 0 Å². The van der Waals surface area contributed by atoms with Crippen LogP contribution in [-0.4, -0.2) is 50.5 Å². The van der Waals surface area contributed by atoms with Gasteiger partial charge in [-0.3, -0.25) is 13.9 Å². The lowest BCUT2D eigenvalue weighted by molar-refractivity contribution is -0.139.